The van der Waals surface area contributed by atoms with Gasteiger partial charge in [0.2, 0.25) is 5.91 Å². The van der Waals surface area contributed by atoms with Gasteiger partial charge in [0.15, 0.2) is 5.65 Å². The summed E-state index contributed by atoms with van der Waals surface area (Å²) in [5.41, 5.74) is 0.771. The van der Waals surface area contributed by atoms with Crippen molar-refractivity contribution in [3.05, 3.63) is 40.0 Å². The second-order valence-corrected chi connectivity index (χ2v) is 7.72. The molecule has 1 amide bonds. The fourth-order valence-corrected chi connectivity index (χ4v) is 3.99. The van der Waals surface area contributed by atoms with Crippen LogP contribution in [0.1, 0.15) is 20.3 Å². The Balaban J connectivity index is 1.68. The normalized spacial score (nSPS) is 20.8. The van der Waals surface area contributed by atoms with Gasteiger partial charge in [-0.05, 0) is 36.5 Å². The molecule has 0 spiro atoms. The van der Waals surface area contributed by atoms with Crippen molar-refractivity contribution in [3.8, 4) is 0 Å². The number of likely N-dealkylation sites (tertiary alicyclic amines) is 1. The number of fused-ring (bicyclic) bond motifs is 3. The third kappa shape index (κ3) is 2.96. The fraction of sp³-hybridized carbons (Fsp3) is 0.444. The van der Waals surface area contributed by atoms with E-state index in [4.69, 9.17) is 11.6 Å². The first-order valence-corrected chi connectivity index (χ1v) is 9.11. The first-order valence-electron chi connectivity index (χ1n) is 8.73. The molecule has 0 aliphatic carbocycles. The zero-order chi connectivity index (χ0) is 18.4. The SMILES string of the molecule is C[C@H]1C[C@H](C)CN(C(=O)Cn2nc3c4ccc(Cl)cc4ncn3c2=O)C1. The molecule has 8 heteroatoms. The minimum absolute atomic E-state index is 0.0605. The van der Waals surface area contributed by atoms with Gasteiger partial charge in [-0.3, -0.25) is 4.79 Å². The van der Waals surface area contributed by atoms with Crippen LogP contribution in [0.5, 0.6) is 0 Å². The maximum Gasteiger partial charge on any atom is 0.352 e. The lowest BCUT2D eigenvalue weighted by Gasteiger charge is -2.34. The second-order valence-electron chi connectivity index (χ2n) is 7.28. The molecule has 1 aromatic carbocycles. The highest BCUT2D eigenvalue weighted by Gasteiger charge is 2.26. The first-order chi connectivity index (χ1) is 12.4. The molecular formula is C18H20ClN5O2. The minimum Gasteiger partial charge on any atom is -0.341 e. The van der Waals surface area contributed by atoms with Crippen molar-refractivity contribution in [2.75, 3.05) is 13.1 Å². The number of rotatable bonds is 2. The molecule has 1 saturated heterocycles. The highest BCUT2D eigenvalue weighted by atomic mass is 35.5. The van der Waals surface area contributed by atoms with E-state index >= 15 is 0 Å². The zero-order valence-corrected chi connectivity index (χ0v) is 15.5. The summed E-state index contributed by atoms with van der Waals surface area (Å²) in [5, 5.41) is 5.67. The summed E-state index contributed by atoms with van der Waals surface area (Å²) in [6.07, 6.45) is 2.55. The van der Waals surface area contributed by atoms with Crippen LogP contribution in [-0.2, 0) is 11.3 Å². The highest BCUT2D eigenvalue weighted by molar-refractivity contribution is 6.31. The van der Waals surface area contributed by atoms with E-state index < -0.39 is 0 Å². The van der Waals surface area contributed by atoms with Gasteiger partial charge >= 0.3 is 5.69 Å². The molecule has 0 saturated carbocycles. The number of benzene rings is 1. The number of piperidine rings is 1. The molecule has 0 unspecified atom stereocenters. The Morgan fingerprint density at radius 2 is 2.00 bits per heavy atom. The number of carbonyl (C=O) groups excluding carboxylic acids is 1. The van der Waals surface area contributed by atoms with Crippen molar-refractivity contribution < 1.29 is 4.79 Å². The molecule has 2 aromatic heterocycles. The van der Waals surface area contributed by atoms with Gasteiger partial charge in [-0.15, -0.1) is 5.10 Å². The van der Waals surface area contributed by atoms with E-state index in [1.165, 1.54) is 15.4 Å². The average molecular weight is 374 g/mol. The molecule has 4 rings (SSSR count). The predicted octanol–water partition coefficient (Wildman–Crippen LogP) is 2.20. The number of hydrogen-bond acceptors (Lipinski definition) is 4. The summed E-state index contributed by atoms with van der Waals surface area (Å²) in [4.78, 5) is 31.4. The van der Waals surface area contributed by atoms with Gasteiger partial charge in [0.05, 0.1) is 5.52 Å². The lowest BCUT2D eigenvalue weighted by atomic mass is 9.92. The molecule has 2 atom stereocenters. The van der Waals surface area contributed by atoms with Crippen molar-refractivity contribution in [3.63, 3.8) is 0 Å². The Labute approximate surface area is 155 Å². The van der Waals surface area contributed by atoms with Crippen molar-refractivity contribution in [2.45, 2.75) is 26.8 Å². The molecule has 1 aliphatic heterocycles. The molecule has 3 heterocycles. The molecule has 26 heavy (non-hydrogen) atoms. The molecule has 0 radical (unpaired) electrons. The van der Waals surface area contributed by atoms with Crippen LogP contribution in [-0.4, -0.2) is 43.1 Å². The van der Waals surface area contributed by atoms with Gasteiger partial charge in [0.1, 0.15) is 12.9 Å². The molecule has 3 aromatic rings. The number of carbonyl (C=O) groups is 1. The third-order valence-electron chi connectivity index (χ3n) is 4.89. The maximum absolute atomic E-state index is 12.7. The number of hydrogen-bond donors (Lipinski definition) is 0. The molecule has 0 bridgehead atoms. The fourth-order valence-electron chi connectivity index (χ4n) is 3.83. The Hall–Kier alpha value is -2.41. The van der Waals surface area contributed by atoms with E-state index in [0.717, 1.165) is 24.9 Å². The summed E-state index contributed by atoms with van der Waals surface area (Å²) in [5.74, 6) is 0.867. The molecule has 1 fully saturated rings. The molecule has 7 nitrogen and oxygen atoms in total. The van der Waals surface area contributed by atoms with Crippen LogP contribution in [0, 0.1) is 11.8 Å². The summed E-state index contributed by atoms with van der Waals surface area (Å²) in [7, 11) is 0. The maximum atomic E-state index is 12.7. The Kier molecular flexibility index (Phi) is 4.19. The quantitative estimate of drug-likeness (QED) is 0.690. The van der Waals surface area contributed by atoms with Crippen molar-refractivity contribution in [1.29, 1.82) is 0 Å². The largest absolute Gasteiger partial charge is 0.352 e. The van der Waals surface area contributed by atoms with Gasteiger partial charge in [0.25, 0.3) is 0 Å². The predicted molar refractivity (Wildman–Crippen MR) is 99.3 cm³/mol. The van der Waals surface area contributed by atoms with Gasteiger partial charge in [-0.2, -0.15) is 0 Å². The number of aromatic nitrogens is 4. The monoisotopic (exact) mass is 373 g/mol. The summed E-state index contributed by atoms with van der Waals surface area (Å²) in [6, 6.07) is 5.24. The van der Waals surface area contributed by atoms with E-state index in [-0.39, 0.29) is 18.1 Å². The molecular weight excluding hydrogens is 354 g/mol. The molecule has 1 aliphatic rings. The van der Waals surface area contributed by atoms with Crippen LogP contribution in [0.15, 0.2) is 29.3 Å². The van der Waals surface area contributed by atoms with Crippen molar-refractivity contribution >= 4 is 34.1 Å². The van der Waals surface area contributed by atoms with E-state index in [1.807, 2.05) is 4.90 Å². The average Bonchev–Trinajstić information content (AvgIpc) is 2.90. The van der Waals surface area contributed by atoms with Gasteiger partial charge < -0.3 is 4.90 Å². The molecule has 136 valence electrons. The summed E-state index contributed by atoms with van der Waals surface area (Å²) >= 11 is 6.00. The van der Waals surface area contributed by atoms with Crippen LogP contribution in [0.3, 0.4) is 0 Å². The van der Waals surface area contributed by atoms with E-state index in [9.17, 15) is 9.59 Å². The Morgan fingerprint density at radius 1 is 1.27 bits per heavy atom. The van der Waals surface area contributed by atoms with Crippen LogP contribution in [0.25, 0.3) is 16.6 Å². The third-order valence-corrected chi connectivity index (χ3v) is 5.13. The number of amides is 1. The van der Waals surface area contributed by atoms with Gasteiger partial charge in [-0.25, -0.2) is 18.9 Å². The smallest absolute Gasteiger partial charge is 0.341 e. The van der Waals surface area contributed by atoms with Gasteiger partial charge in [-0.1, -0.05) is 25.4 Å². The summed E-state index contributed by atoms with van der Waals surface area (Å²) in [6.45, 7) is 5.70. The van der Waals surface area contributed by atoms with Crippen LogP contribution in [0.4, 0.5) is 0 Å². The number of halogens is 1. The second kappa shape index (κ2) is 6.39. The lowest BCUT2D eigenvalue weighted by Crippen LogP contribution is -2.45. The highest BCUT2D eigenvalue weighted by Crippen LogP contribution is 2.22. The van der Waals surface area contributed by atoms with Crippen LogP contribution >= 0.6 is 11.6 Å². The zero-order valence-electron chi connectivity index (χ0n) is 14.7. The topological polar surface area (TPSA) is 72.5 Å². The number of nitrogens with zero attached hydrogens (tertiary/aromatic N) is 5. The standard InChI is InChI=1S/C18H20ClN5O2/c1-11-5-12(2)8-22(7-11)16(25)9-24-18(26)23-10-20-15-6-13(19)3-4-14(15)17(23)21-24/h3-4,6,10-12H,5,7-9H2,1-2H3/t11-,12-/m0/s1. The van der Waals surface area contributed by atoms with Crippen LogP contribution < -0.4 is 5.69 Å². The van der Waals surface area contributed by atoms with Crippen molar-refractivity contribution in [2.24, 2.45) is 11.8 Å². The molecule has 0 N–H and O–H groups in total. The Morgan fingerprint density at radius 3 is 2.73 bits per heavy atom. The lowest BCUT2D eigenvalue weighted by molar-refractivity contribution is -0.134. The van der Waals surface area contributed by atoms with Crippen LogP contribution in [0.2, 0.25) is 5.02 Å². The first kappa shape index (κ1) is 17.0. The van der Waals surface area contributed by atoms with Gasteiger partial charge in [0, 0.05) is 23.5 Å². The van der Waals surface area contributed by atoms with Crippen molar-refractivity contribution in [1.82, 2.24) is 24.1 Å². The van der Waals surface area contributed by atoms with E-state index in [1.54, 1.807) is 18.2 Å². The summed E-state index contributed by atoms with van der Waals surface area (Å²) < 4.78 is 2.59. The van der Waals surface area contributed by atoms with E-state index in [2.05, 4.69) is 23.9 Å². The Bertz CT molecular complexity index is 1050. The minimum atomic E-state index is -0.365. The van der Waals surface area contributed by atoms with E-state index in [0.29, 0.717) is 28.0 Å².